The van der Waals surface area contributed by atoms with E-state index in [0.29, 0.717) is 33.3 Å². The molecule has 12 heteroatoms. The first-order valence-electron chi connectivity index (χ1n) is 11.8. The van der Waals surface area contributed by atoms with Gasteiger partial charge in [-0.1, -0.05) is 65.7 Å². The molecule has 3 rings (SSSR count). The van der Waals surface area contributed by atoms with Crippen LogP contribution in [0.5, 0.6) is 0 Å². The molecule has 0 fully saturated rings. The summed E-state index contributed by atoms with van der Waals surface area (Å²) in [7, 11) is 1.67. The van der Waals surface area contributed by atoms with Gasteiger partial charge < -0.3 is 20.8 Å². The summed E-state index contributed by atoms with van der Waals surface area (Å²) >= 11 is 12.4. The van der Waals surface area contributed by atoms with Gasteiger partial charge in [0.25, 0.3) is 0 Å². The van der Waals surface area contributed by atoms with Crippen LogP contribution in [0.2, 0.25) is 10.0 Å². The number of hydrogen-bond donors (Lipinski definition) is 3. The number of carboxylic acid groups (broad SMARTS) is 2. The zero-order valence-corrected chi connectivity index (χ0v) is 22.9. The molecule has 0 heterocycles. The van der Waals surface area contributed by atoms with Crippen LogP contribution in [0, 0.1) is 0 Å². The molecule has 3 aromatic rings. The van der Waals surface area contributed by atoms with Crippen molar-refractivity contribution in [2.45, 2.75) is 6.42 Å². The Morgan fingerprint density at radius 1 is 0.800 bits per heavy atom. The van der Waals surface area contributed by atoms with Crippen molar-refractivity contribution in [3.05, 3.63) is 99.5 Å². The van der Waals surface area contributed by atoms with Crippen LogP contribution in [-0.4, -0.2) is 71.3 Å². The number of benzene rings is 3. The number of anilines is 1. The summed E-state index contributed by atoms with van der Waals surface area (Å²) in [5.74, 6) is -4.84. The third-order valence-corrected chi connectivity index (χ3v) is 6.10. The van der Waals surface area contributed by atoms with Gasteiger partial charge in [-0.3, -0.25) is 19.3 Å². The molecule has 0 radical (unpaired) electrons. The topological polar surface area (TPSA) is 158 Å². The highest BCUT2D eigenvalue weighted by molar-refractivity contribution is 6.36. The second-order valence-electron chi connectivity index (χ2n) is 8.32. The highest BCUT2D eigenvalue weighted by Crippen LogP contribution is 2.28. The minimum atomic E-state index is -1.82. The van der Waals surface area contributed by atoms with E-state index in [2.05, 4.69) is 0 Å². The fourth-order valence-electron chi connectivity index (χ4n) is 3.57. The van der Waals surface area contributed by atoms with E-state index in [1.54, 1.807) is 54.4 Å². The third-order valence-electron chi connectivity index (χ3n) is 5.53. The van der Waals surface area contributed by atoms with Crippen molar-refractivity contribution in [3.63, 3.8) is 0 Å². The molecule has 40 heavy (non-hydrogen) atoms. The van der Waals surface area contributed by atoms with Gasteiger partial charge in [-0.25, -0.2) is 9.59 Å². The number of imide groups is 1. The molecule has 0 bridgehead atoms. The lowest BCUT2D eigenvalue weighted by Gasteiger charge is -2.26. The van der Waals surface area contributed by atoms with E-state index >= 15 is 0 Å². The standard InChI is InChI=1S/C26H25Cl2N3O3.C2H2O4/c1-30(17-25(33)31(24(32)16-29)14-13-18-7-3-2-4-8-18)23-12-11-19(27)15-21(23)26(34)20-9-5-6-10-22(20)28;3-1(4)2(5)6/h2-12,15H,13-14,16-17,29H2,1H3;(H,3,4)(H,5,6). The van der Waals surface area contributed by atoms with Crippen molar-refractivity contribution < 1.29 is 34.2 Å². The molecule has 0 saturated carbocycles. The molecule has 3 aromatic carbocycles. The van der Waals surface area contributed by atoms with Crippen LogP contribution >= 0.6 is 23.2 Å². The minimum absolute atomic E-state index is 0.134. The van der Waals surface area contributed by atoms with Gasteiger partial charge in [-0.05, 0) is 42.3 Å². The predicted molar refractivity (Wildman–Crippen MR) is 151 cm³/mol. The number of ketones is 1. The molecule has 0 unspecified atom stereocenters. The largest absolute Gasteiger partial charge is 0.473 e. The number of halogens is 2. The molecule has 0 aliphatic rings. The molecule has 0 atom stereocenters. The van der Waals surface area contributed by atoms with Crippen LogP contribution in [0.25, 0.3) is 0 Å². The highest BCUT2D eigenvalue weighted by atomic mass is 35.5. The van der Waals surface area contributed by atoms with Gasteiger partial charge in [-0.15, -0.1) is 0 Å². The lowest BCUT2D eigenvalue weighted by Crippen LogP contribution is -2.46. The number of carboxylic acids is 2. The second kappa shape index (κ2) is 15.4. The van der Waals surface area contributed by atoms with E-state index in [1.165, 1.54) is 0 Å². The van der Waals surface area contributed by atoms with Gasteiger partial charge in [-0.2, -0.15) is 0 Å². The van der Waals surface area contributed by atoms with E-state index < -0.39 is 23.8 Å². The quantitative estimate of drug-likeness (QED) is 0.252. The van der Waals surface area contributed by atoms with Crippen molar-refractivity contribution in [2.75, 3.05) is 31.6 Å². The first-order chi connectivity index (χ1) is 19.0. The average molecular weight is 588 g/mol. The number of nitrogens with two attached hydrogens (primary N) is 1. The monoisotopic (exact) mass is 587 g/mol. The Bertz CT molecular complexity index is 1370. The molecule has 2 amide bonds. The van der Waals surface area contributed by atoms with Gasteiger partial charge in [0.15, 0.2) is 5.78 Å². The molecular weight excluding hydrogens is 561 g/mol. The summed E-state index contributed by atoms with van der Waals surface area (Å²) in [6, 6.07) is 21.1. The molecule has 0 aromatic heterocycles. The molecule has 0 aliphatic carbocycles. The SMILES string of the molecule is CN(CC(=O)N(CCc1ccccc1)C(=O)CN)c1ccc(Cl)cc1C(=O)c1ccccc1Cl.O=C(O)C(=O)O. The van der Waals surface area contributed by atoms with Crippen LogP contribution in [0.15, 0.2) is 72.8 Å². The smallest absolute Gasteiger partial charge is 0.414 e. The Balaban J connectivity index is 0.000000840. The van der Waals surface area contributed by atoms with E-state index in [4.69, 9.17) is 48.7 Å². The number of amides is 2. The number of carbonyl (C=O) groups is 5. The van der Waals surface area contributed by atoms with Crippen LogP contribution in [-0.2, 0) is 25.6 Å². The molecule has 0 saturated heterocycles. The van der Waals surface area contributed by atoms with Crippen molar-refractivity contribution in [2.24, 2.45) is 5.73 Å². The van der Waals surface area contributed by atoms with E-state index in [1.807, 2.05) is 30.3 Å². The lowest BCUT2D eigenvalue weighted by atomic mass is 10.0. The van der Waals surface area contributed by atoms with Crippen molar-refractivity contribution in [3.8, 4) is 0 Å². The summed E-state index contributed by atoms with van der Waals surface area (Å²) in [5, 5.41) is 15.5. The van der Waals surface area contributed by atoms with Gasteiger partial charge in [0.1, 0.15) is 0 Å². The van der Waals surface area contributed by atoms with Crippen LogP contribution < -0.4 is 10.6 Å². The molecule has 4 N–H and O–H groups in total. The zero-order chi connectivity index (χ0) is 29.8. The Hall–Kier alpha value is -4.25. The number of hydrogen-bond acceptors (Lipinski definition) is 7. The van der Waals surface area contributed by atoms with E-state index in [-0.39, 0.29) is 25.4 Å². The minimum Gasteiger partial charge on any atom is -0.473 e. The Morgan fingerprint density at radius 3 is 1.98 bits per heavy atom. The normalized spacial score (nSPS) is 10.1. The summed E-state index contributed by atoms with van der Waals surface area (Å²) in [6.45, 7) is -0.203. The predicted octanol–water partition coefficient (Wildman–Crippen LogP) is 3.37. The number of carbonyl (C=O) groups excluding carboxylic acids is 3. The lowest BCUT2D eigenvalue weighted by molar-refractivity contribution is -0.159. The van der Waals surface area contributed by atoms with Crippen molar-refractivity contribution in [1.29, 1.82) is 0 Å². The summed E-state index contributed by atoms with van der Waals surface area (Å²) in [5.41, 5.74) is 7.68. The van der Waals surface area contributed by atoms with Crippen LogP contribution in [0.3, 0.4) is 0 Å². The van der Waals surface area contributed by atoms with Crippen molar-refractivity contribution >= 4 is 58.4 Å². The Labute approximate surface area is 240 Å². The maximum absolute atomic E-state index is 13.2. The summed E-state index contributed by atoms with van der Waals surface area (Å²) in [6.07, 6.45) is 0.513. The molecule has 210 valence electrons. The maximum atomic E-state index is 13.2. The van der Waals surface area contributed by atoms with E-state index in [0.717, 1.165) is 10.5 Å². The maximum Gasteiger partial charge on any atom is 0.414 e. The van der Waals surface area contributed by atoms with Gasteiger partial charge in [0.05, 0.1) is 18.1 Å². The molecule has 0 aliphatic heterocycles. The third kappa shape index (κ3) is 9.19. The molecule has 10 nitrogen and oxygen atoms in total. The summed E-state index contributed by atoms with van der Waals surface area (Å²) < 4.78 is 0. The van der Waals surface area contributed by atoms with Gasteiger partial charge in [0, 0.05) is 35.4 Å². The number of likely N-dealkylation sites (N-methyl/N-ethyl adjacent to an activating group) is 1. The van der Waals surface area contributed by atoms with Crippen molar-refractivity contribution in [1.82, 2.24) is 4.90 Å². The molecule has 0 spiro atoms. The number of nitrogens with zero attached hydrogens (tertiary/aromatic N) is 2. The van der Waals surface area contributed by atoms with Crippen LogP contribution in [0.4, 0.5) is 5.69 Å². The fraction of sp³-hybridized carbons (Fsp3) is 0.179. The Kier molecular flexibility index (Phi) is 12.3. The highest BCUT2D eigenvalue weighted by Gasteiger charge is 2.24. The molecular formula is C28H27Cl2N3O7. The number of rotatable bonds is 9. The van der Waals surface area contributed by atoms with Gasteiger partial charge in [0.2, 0.25) is 11.8 Å². The fourth-order valence-corrected chi connectivity index (χ4v) is 3.96. The van der Waals surface area contributed by atoms with E-state index in [9.17, 15) is 14.4 Å². The number of aliphatic carboxylic acids is 2. The summed E-state index contributed by atoms with van der Waals surface area (Å²) in [4.78, 5) is 59.7. The first kappa shape index (κ1) is 32.0. The first-order valence-corrected chi connectivity index (χ1v) is 12.5. The average Bonchev–Trinajstić information content (AvgIpc) is 2.93. The zero-order valence-electron chi connectivity index (χ0n) is 21.4. The second-order valence-corrected chi connectivity index (χ2v) is 9.16. The Morgan fingerprint density at radius 2 is 1.40 bits per heavy atom. The van der Waals surface area contributed by atoms with Gasteiger partial charge >= 0.3 is 11.9 Å². The van der Waals surface area contributed by atoms with Crippen LogP contribution in [0.1, 0.15) is 21.5 Å².